The number of tetrazole rings is 1. The summed E-state index contributed by atoms with van der Waals surface area (Å²) >= 11 is 0. The molecule has 1 atom stereocenters. The van der Waals surface area contributed by atoms with Crippen LogP contribution in [0, 0.1) is 11.6 Å². The largest absolute Gasteiger partial charge is 0.467 e. The average molecular weight is 325 g/mol. The predicted molar refractivity (Wildman–Crippen MR) is 71.7 cm³/mol. The Morgan fingerprint density at radius 1 is 1.39 bits per heavy atom. The molecule has 122 valence electrons. The first kappa shape index (κ1) is 16.5. The fourth-order valence-corrected chi connectivity index (χ4v) is 2.03. The van der Waals surface area contributed by atoms with Gasteiger partial charge in [-0.15, -0.1) is 5.10 Å². The molecule has 0 spiro atoms. The summed E-state index contributed by atoms with van der Waals surface area (Å²) in [6.45, 7) is 0.907. The van der Waals surface area contributed by atoms with Gasteiger partial charge in [-0.2, -0.15) is 0 Å². The van der Waals surface area contributed by atoms with Crippen LogP contribution in [0.1, 0.15) is 12.5 Å². The van der Waals surface area contributed by atoms with Gasteiger partial charge in [-0.1, -0.05) is 0 Å². The first-order valence-electron chi connectivity index (χ1n) is 6.42. The van der Waals surface area contributed by atoms with Crippen LogP contribution in [0.3, 0.4) is 0 Å². The smallest absolute Gasteiger partial charge is 0.336 e. The van der Waals surface area contributed by atoms with E-state index < -0.39 is 29.0 Å². The first-order chi connectivity index (χ1) is 10.9. The maximum atomic E-state index is 14.0. The highest BCUT2D eigenvalue weighted by atomic mass is 19.1. The monoisotopic (exact) mass is 325 g/mol. The van der Waals surface area contributed by atoms with Crippen molar-refractivity contribution < 1.29 is 23.1 Å². The van der Waals surface area contributed by atoms with Gasteiger partial charge in [0, 0.05) is 5.56 Å². The number of halogens is 2. The molecule has 0 fully saturated rings. The van der Waals surface area contributed by atoms with Crippen LogP contribution in [0.2, 0.25) is 0 Å². The zero-order valence-electron chi connectivity index (χ0n) is 12.3. The number of esters is 1. The molecule has 1 N–H and O–H groups in total. The van der Waals surface area contributed by atoms with Gasteiger partial charge in [0.15, 0.2) is 5.54 Å². The number of carbonyl (C=O) groups excluding carboxylic acids is 2. The van der Waals surface area contributed by atoms with Crippen molar-refractivity contribution >= 4 is 11.9 Å². The number of nitrogens with zero attached hydrogens (tertiary/aromatic N) is 4. The molecule has 0 aliphatic rings. The Balaban J connectivity index is 2.33. The number of ether oxygens (including phenoxy) is 1. The van der Waals surface area contributed by atoms with Gasteiger partial charge in [0.25, 0.3) is 0 Å². The van der Waals surface area contributed by atoms with Crippen LogP contribution >= 0.6 is 0 Å². The molecule has 0 aliphatic heterocycles. The molecule has 1 aromatic heterocycles. The van der Waals surface area contributed by atoms with Crippen LogP contribution < -0.4 is 5.32 Å². The van der Waals surface area contributed by atoms with E-state index in [1.165, 1.54) is 13.3 Å². The topological polar surface area (TPSA) is 99.0 Å². The Labute approximate surface area is 129 Å². The lowest BCUT2D eigenvalue weighted by Crippen LogP contribution is -2.51. The van der Waals surface area contributed by atoms with E-state index in [0.717, 1.165) is 30.0 Å². The van der Waals surface area contributed by atoms with E-state index in [0.29, 0.717) is 0 Å². The van der Waals surface area contributed by atoms with Crippen molar-refractivity contribution in [3.8, 4) is 0 Å². The molecular weight excluding hydrogens is 312 g/mol. The van der Waals surface area contributed by atoms with Crippen LogP contribution in [0.25, 0.3) is 0 Å². The van der Waals surface area contributed by atoms with Gasteiger partial charge >= 0.3 is 5.97 Å². The number of hydrogen-bond acceptors (Lipinski definition) is 6. The maximum Gasteiger partial charge on any atom is 0.336 e. The van der Waals surface area contributed by atoms with E-state index >= 15 is 0 Å². The van der Waals surface area contributed by atoms with E-state index in [1.54, 1.807) is 0 Å². The van der Waals surface area contributed by atoms with Crippen LogP contribution in [-0.2, 0) is 26.4 Å². The molecule has 0 saturated carbocycles. The van der Waals surface area contributed by atoms with Crippen molar-refractivity contribution in [2.75, 3.05) is 7.11 Å². The van der Waals surface area contributed by atoms with E-state index in [2.05, 4.69) is 25.6 Å². The lowest BCUT2D eigenvalue weighted by molar-refractivity contribution is -0.151. The number of methoxy groups -OCH3 is 1. The minimum atomic E-state index is -1.91. The third-order valence-corrected chi connectivity index (χ3v) is 3.15. The summed E-state index contributed by atoms with van der Waals surface area (Å²) < 4.78 is 33.2. The molecule has 1 aromatic carbocycles. The Hall–Kier alpha value is -2.91. The fraction of sp³-hybridized carbons (Fsp3) is 0.308. The van der Waals surface area contributed by atoms with Crippen molar-refractivity contribution in [3.05, 3.63) is 41.7 Å². The summed E-state index contributed by atoms with van der Waals surface area (Å²) in [5.41, 5.74) is -2.26. The second-order valence-corrected chi connectivity index (χ2v) is 4.80. The van der Waals surface area contributed by atoms with Gasteiger partial charge < -0.3 is 10.1 Å². The number of rotatable bonds is 5. The summed E-state index contributed by atoms with van der Waals surface area (Å²) in [5.74, 6) is -3.26. The average Bonchev–Trinajstić information content (AvgIpc) is 3.01. The number of nitrogens with one attached hydrogen (secondary N) is 1. The molecule has 23 heavy (non-hydrogen) atoms. The second-order valence-electron chi connectivity index (χ2n) is 4.80. The highest BCUT2D eigenvalue weighted by molar-refractivity contribution is 5.88. The van der Waals surface area contributed by atoms with Crippen molar-refractivity contribution in [1.29, 1.82) is 0 Å². The number of aromatic nitrogens is 4. The van der Waals surface area contributed by atoms with Gasteiger partial charge in [-0.05, 0) is 35.5 Å². The first-order valence-corrected chi connectivity index (χ1v) is 6.42. The van der Waals surface area contributed by atoms with Gasteiger partial charge in [0.1, 0.15) is 24.5 Å². The summed E-state index contributed by atoms with van der Waals surface area (Å²) in [6, 6.07) is 2.59. The fourth-order valence-electron chi connectivity index (χ4n) is 2.03. The lowest BCUT2D eigenvalue weighted by atomic mass is 9.91. The summed E-state index contributed by atoms with van der Waals surface area (Å²) in [4.78, 5) is 24.1. The van der Waals surface area contributed by atoms with E-state index in [-0.39, 0.29) is 12.1 Å². The Bertz CT molecular complexity index is 722. The van der Waals surface area contributed by atoms with E-state index in [4.69, 9.17) is 0 Å². The third kappa shape index (κ3) is 3.47. The molecule has 0 bridgehead atoms. The van der Waals surface area contributed by atoms with Crippen LogP contribution in [0.15, 0.2) is 24.5 Å². The standard InChI is InChI=1S/C13H13F2N5O3/c1-13(12(22)23-2,9-5-8(14)3-4-10(9)15)17-11(21)6-20-7-16-18-19-20/h3-5,7H,6H2,1-2H3,(H,17,21)/t13-/m0/s1. The summed E-state index contributed by atoms with van der Waals surface area (Å²) in [6.07, 6.45) is 1.19. The Morgan fingerprint density at radius 2 is 2.13 bits per heavy atom. The maximum absolute atomic E-state index is 14.0. The van der Waals surface area contributed by atoms with Gasteiger partial charge in [0.05, 0.1) is 7.11 Å². The normalized spacial score (nSPS) is 13.2. The van der Waals surface area contributed by atoms with Gasteiger partial charge in [-0.3, -0.25) is 4.79 Å². The van der Waals surface area contributed by atoms with Crippen LogP contribution in [0.4, 0.5) is 8.78 Å². The number of carbonyl (C=O) groups is 2. The molecule has 0 unspecified atom stereocenters. The zero-order valence-corrected chi connectivity index (χ0v) is 12.3. The molecule has 10 heteroatoms. The van der Waals surface area contributed by atoms with Gasteiger partial charge in [-0.25, -0.2) is 18.3 Å². The zero-order chi connectivity index (χ0) is 17.0. The van der Waals surface area contributed by atoms with E-state index in [9.17, 15) is 18.4 Å². The molecular formula is C13H13F2N5O3. The van der Waals surface area contributed by atoms with Crippen LogP contribution in [-0.4, -0.2) is 39.2 Å². The molecule has 0 saturated heterocycles. The molecule has 1 amide bonds. The summed E-state index contributed by atoms with van der Waals surface area (Å²) in [5, 5.41) is 12.5. The highest BCUT2D eigenvalue weighted by Gasteiger charge is 2.40. The van der Waals surface area contributed by atoms with Crippen LogP contribution in [0.5, 0.6) is 0 Å². The SMILES string of the molecule is COC(=O)[C@@](C)(NC(=O)Cn1cnnn1)c1cc(F)ccc1F. The highest BCUT2D eigenvalue weighted by Crippen LogP contribution is 2.26. The second kappa shape index (κ2) is 6.46. The minimum Gasteiger partial charge on any atom is -0.467 e. The van der Waals surface area contributed by atoms with Crippen molar-refractivity contribution in [2.24, 2.45) is 0 Å². The van der Waals surface area contributed by atoms with Gasteiger partial charge in [0.2, 0.25) is 5.91 Å². The molecule has 8 nitrogen and oxygen atoms in total. The molecule has 1 heterocycles. The van der Waals surface area contributed by atoms with E-state index in [1.807, 2.05) is 0 Å². The summed E-state index contributed by atoms with van der Waals surface area (Å²) in [7, 11) is 1.07. The third-order valence-electron chi connectivity index (χ3n) is 3.15. The van der Waals surface area contributed by atoms with Crippen molar-refractivity contribution in [3.63, 3.8) is 0 Å². The Morgan fingerprint density at radius 3 is 2.74 bits per heavy atom. The molecule has 2 rings (SSSR count). The number of benzene rings is 1. The molecule has 0 radical (unpaired) electrons. The molecule has 0 aliphatic carbocycles. The quantitative estimate of drug-likeness (QED) is 0.786. The van der Waals surface area contributed by atoms with Crippen molar-refractivity contribution in [1.82, 2.24) is 25.5 Å². The Kier molecular flexibility index (Phi) is 4.63. The van der Waals surface area contributed by atoms with Crippen molar-refractivity contribution in [2.45, 2.75) is 19.0 Å². The number of hydrogen-bond donors (Lipinski definition) is 1. The predicted octanol–water partition coefficient (Wildman–Crippen LogP) is 0.156. The minimum absolute atomic E-state index is 0.309. The molecule has 2 aromatic rings. The lowest BCUT2D eigenvalue weighted by Gasteiger charge is -2.28. The number of amides is 1.